The van der Waals surface area contributed by atoms with Crippen molar-refractivity contribution in [1.82, 2.24) is 9.97 Å². The summed E-state index contributed by atoms with van der Waals surface area (Å²) in [6.45, 7) is 8.68. The third-order valence-corrected chi connectivity index (χ3v) is 4.14. The molecule has 100 valence electrons. The van der Waals surface area contributed by atoms with Crippen LogP contribution in [0.4, 0.5) is 5.82 Å². The Hall–Kier alpha value is -1.12. The van der Waals surface area contributed by atoms with Crippen LogP contribution in [0, 0.1) is 12.8 Å². The number of hydrogen-bond donors (Lipinski definition) is 1. The fourth-order valence-electron chi connectivity index (χ4n) is 3.04. The number of nitrogens with zero attached hydrogens (tertiary/aromatic N) is 2. The van der Waals surface area contributed by atoms with Crippen LogP contribution in [0.3, 0.4) is 0 Å². The summed E-state index contributed by atoms with van der Waals surface area (Å²) in [7, 11) is 0. The minimum Gasteiger partial charge on any atom is -0.383 e. The average Bonchev–Trinajstić information content (AvgIpc) is 2.28. The van der Waals surface area contributed by atoms with Gasteiger partial charge in [0.2, 0.25) is 0 Å². The minimum absolute atomic E-state index is 0.394. The zero-order valence-corrected chi connectivity index (χ0v) is 12.0. The highest BCUT2D eigenvalue weighted by molar-refractivity contribution is 5.44. The van der Waals surface area contributed by atoms with Gasteiger partial charge in [0.05, 0.1) is 0 Å². The lowest BCUT2D eigenvalue weighted by molar-refractivity contribution is 0.339. The van der Waals surface area contributed by atoms with Gasteiger partial charge < -0.3 is 5.73 Å². The Labute approximate surface area is 110 Å². The van der Waals surface area contributed by atoms with Crippen molar-refractivity contribution in [3.05, 3.63) is 17.1 Å². The lowest BCUT2D eigenvalue weighted by Crippen LogP contribution is -2.16. The first-order valence-electron chi connectivity index (χ1n) is 7.13. The molecule has 0 bridgehead atoms. The quantitative estimate of drug-likeness (QED) is 0.865. The van der Waals surface area contributed by atoms with E-state index < -0.39 is 0 Å². The highest BCUT2D eigenvalue weighted by atomic mass is 15.0. The molecule has 0 aliphatic heterocycles. The van der Waals surface area contributed by atoms with Gasteiger partial charge in [-0.05, 0) is 31.6 Å². The van der Waals surface area contributed by atoms with Crippen molar-refractivity contribution in [3.8, 4) is 0 Å². The van der Waals surface area contributed by atoms with Gasteiger partial charge in [-0.3, -0.25) is 0 Å². The maximum absolute atomic E-state index is 6.11. The lowest BCUT2D eigenvalue weighted by Gasteiger charge is -2.26. The molecule has 0 spiro atoms. The molecule has 1 aromatic heterocycles. The van der Waals surface area contributed by atoms with Gasteiger partial charge in [-0.25, -0.2) is 9.97 Å². The van der Waals surface area contributed by atoms with E-state index in [1.54, 1.807) is 0 Å². The number of aromatic nitrogens is 2. The smallest absolute Gasteiger partial charge is 0.134 e. The molecule has 3 heteroatoms. The molecule has 1 saturated carbocycles. The summed E-state index contributed by atoms with van der Waals surface area (Å²) >= 11 is 0. The van der Waals surface area contributed by atoms with Crippen LogP contribution in [-0.2, 0) is 0 Å². The van der Waals surface area contributed by atoms with Crippen LogP contribution >= 0.6 is 0 Å². The van der Waals surface area contributed by atoms with E-state index in [2.05, 4.69) is 32.7 Å². The van der Waals surface area contributed by atoms with Crippen LogP contribution in [0.5, 0.6) is 0 Å². The zero-order chi connectivity index (χ0) is 13.3. The predicted octanol–water partition coefficient (Wildman–Crippen LogP) is 3.78. The predicted molar refractivity (Wildman–Crippen MR) is 75.6 cm³/mol. The molecule has 0 saturated heterocycles. The van der Waals surface area contributed by atoms with Crippen LogP contribution in [0.1, 0.15) is 75.4 Å². The SMILES string of the molecule is Cc1nc(C2CCC(C)CC2)nc(N)c1C(C)C. The zero-order valence-electron chi connectivity index (χ0n) is 12.0. The van der Waals surface area contributed by atoms with E-state index in [9.17, 15) is 0 Å². The maximum atomic E-state index is 6.11. The molecule has 1 aromatic rings. The molecule has 0 atom stereocenters. The van der Waals surface area contributed by atoms with Gasteiger partial charge in [0.15, 0.2) is 0 Å². The third-order valence-electron chi connectivity index (χ3n) is 4.14. The highest BCUT2D eigenvalue weighted by Gasteiger charge is 2.23. The van der Waals surface area contributed by atoms with Crippen molar-refractivity contribution in [1.29, 1.82) is 0 Å². The molecule has 1 aliphatic rings. The van der Waals surface area contributed by atoms with Crippen molar-refractivity contribution in [2.24, 2.45) is 5.92 Å². The van der Waals surface area contributed by atoms with Gasteiger partial charge in [0.25, 0.3) is 0 Å². The molecule has 2 rings (SSSR count). The van der Waals surface area contributed by atoms with Gasteiger partial charge in [-0.15, -0.1) is 0 Å². The van der Waals surface area contributed by atoms with Crippen molar-refractivity contribution in [2.45, 2.75) is 65.2 Å². The Morgan fingerprint density at radius 1 is 1.11 bits per heavy atom. The molecule has 18 heavy (non-hydrogen) atoms. The van der Waals surface area contributed by atoms with Crippen LogP contribution < -0.4 is 5.73 Å². The molecule has 3 nitrogen and oxygen atoms in total. The van der Waals surface area contributed by atoms with Crippen LogP contribution in [0.2, 0.25) is 0 Å². The number of hydrogen-bond acceptors (Lipinski definition) is 3. The van der Waals surface area contributed by atoms with Crippen LogP contribution in [0.25, 0.3) is 0 Å². The molecule has 0 amide bonds. The molecule has 0 radical (unpaired) electrons. The summed E-state index contributed by atoms with van der Waals surface area (Å²) in [5, 5.41) is 0. The Morgan fingerprint density at radius 2 is 1.72 bits per heavy atom. The normalized spacial score (nSPS) is 24.5. The van der Waals surface area contributed by atoms with Crippen molar-refractivity contribution >= 4 is 5.82 Å². The summed E-state index contributed by atoms with van der Waals surface area (Å²) in [4.78, 5) is 9.28. The summed E-state index contributed by atoms with van der Waals surface area (Å²) in [5.41, 5.74) is 8.28. The number of rotatable bonds is 2. The number of anilines is 1. The maximum Gasteiger partial charge on any atom is 0.134 e. The average molecular weight is 247 g/mol. The fourth-order valence-corrected chi connectivity index (χ4v) is 3.04. The molecule has 2 N–H and O–H groups in total. The summed E-state index contributed by atoms with van der Waals surface area (Å²) in [6.07, 6.45) is 5.00. The first kappa shape index (κ1) is 13.3. The fraction of sp³-hybridized carbons (Fsp3) is 0.733. The molecular formula is C15H25N3. The second-order valence-corrected chi connectivity index (χ2v) is 6.08. The first-order valence-corrected chi connectivity index (χ1v) is 7.13. The number of nitrogen functional groups attached to an aromatic ring is 1. The lowest BCUT2D eigenvalue weighted by atomic mass is 9.82. The second-order valence-electron chi connectivity index (χ2n) is 6.08. The van der Waals surface area contributed by atoms with E-state index in [1.807, 2.05) is 0 Å². The largest absolute Gasteiger partial charge is 0.383 e. The topological polar surface area (TPSA) is 51.8 Å². The minimum atomic E-state index is 0.394. The molecule has 1 fully saturated rings. The molecule has 0 unspecified atom stereocenters. The Morgan fingerprint density at radius 3 is 2.22 bits per heavy atom. The van der Waals surface area contributed by atoms with E-state index in [0.29, 0.717) is 17.7 Å². The van der Waals surface area contributed by atoms with Gasteiger partial charge >= 0.3 is 0 Å². The van der Waals surface area contributed by atoms with E-state index in [4.69, 9.17) is 10.7 Å². The molecular weight excluding hydrogens is 222 g/mol. The standard InChI is InChI=1S/C15H25N3/c1-9(2)13-11(4)17-15(18-14(13)16)12-7-5-10(3)6-8-12/h9-10,12H,5-8H2,1-4H3,(H2,16,17,18). The van der Waals surface area contributed by atoms with Gasteiger partial charge in [0.1, 0.15) is 11.6 Å². The number of nitrogens with two attached hydrogens (primary N) is 1. The molecule has 1 heterocycles. The van der Waals surface area contributed by atoms with Gasteiger partial charge in [-0.2, -0.15) is 0 Å². The van der Waals surface area contributed by atoms with Crippen molar-refractivity contribution in [3.63, 3.8) is 0 Å². The summed E-state index contributed by atoms with van der Waals surface area (Å²) in [5.74, 6) is 3.43. The monoisotopic (exact) mass is 247 g/mol. The van der Waals surface area contributed by atoms with Crippen molar-refractivity contribution < 1.29 is 0 Å². The Bertz CT molecular complexity index is 395. The number of aryl methyl sites for hydroxylation is 1. The molecule has 0 aromatic carbocycles. The second kappa shape index (κ2) is 5.25. The highest BCUT2D eigenvalue weighted by Crippen LogP contribution is 2.35. The third kappa shape index (κ3) is 2.65. The van der Waals surface area contributed by atoms with E-state index in [-0.39, 0.29) is 0 Å². The van der Waals surface area contributed by atoms with Gasteiger partial charge in [0, 0.05) is 17.2 Å². The Balaban J connectivity index is 2.25. The van der Waals surface area contributed by atoms with E-state index >= 15 is 0 Å². The summed E-state index contributed by atoms with van der Waals surface area (Å²) < 4.78 is 0. The summed E-state index contributed by atoms with van der Waals surface area (Å²) in [6, 6.07) is 0. The molecule has 1 aliphatic carbocycles. The van der Waals surface area contributed by atoms with Crippen molar-refractivity contribution in [2.75, 3.05) is 5.73 Å². The first-order chi connectivity index (χ1) is 8.49. The van der Waals surface area contributed by atoms with Crippen LogP contribution in [0.15, 0.2) is 0 Å². The van der Waals surface area contributed by atoms with E-state index in [0.717, 1.165) is 23.0 Å². The van der Waals surface area contributed by atoms with E-state index in [1.165, 1.54) is 25.7 Å². The van der Waals surface area contributed by atoms with Crippen LogP contribution in [-0.4, -0.2) is 9.97 Å². The Kier molecular flexibility index (Phi) is 3.88. The van der Waals surface area contributed by atoms with Gasteiger partial charge in [-0.1, -0.05) is 33.6 Å².